The molecule has 0 atom stereocenters. The minimum absolute atomic E-state index is 0.667. The molecule has 0 N–H and O–H groups in total. The second kappa shape index (κ2) is 6.61. The molecule has 0 amide bonds. The predicted octanol–water partition coefficient (Wildman–Crippen LogP) is 5.07. The highest BCUT2D eigenvalue weighted by molar-refractivity contribution is 5.87. The number of pyridine rings is 2. The fourth-order valence-corrected chi connectivity index (χ4v) is 3.65. The summed E-state index contributed by atoms with van der Waals surface area (Å²) in [5.74, 6) is 0. The average Bonchev–Trinajstić information content (AvgIpc) is 3.05. The van der Waals surface area contributed by atoms with Gasteiger partial charge in [0.2, 0.25) is 0 Å². The summed E-state index contributed by atoms with van der Waals surface area (Å²) < 4.78 is 2.14. The Balaban J connectivity index is 2.22. The van der Waals surface area contributed by atoms with Gasteiger partial charge in [0, 0.05) is 18.0 Å². The van der Waals surface area contributed by atoms with Gasteiger partial charge in [-0.2, -0.15) is 5.26 Å². The van der Waals surface area contributed by atoms with Crippen LogP contribution in [-0.4, -0.2) is 14.4 Å². The lowest BCUT2D eigenvalue weighted by atomic mass is 9.94. The van der Waals surface area contributed by atoms with E-state index in [-0.39, 0.29) is 0 Å². The topological polar surface area (TPSA) is 54.0 Å². The van der Waals surface area contributed by atoms with Crippen molar-refractivity contribution in [3.05, 3.63) is 65.5 Å². The van der Waals surface area contributed by atoms with E-state index in [0.717, 1.165) is 52.8 Å². The van der Waals surface area contributed by atoms with Gasteiger partial charge in [-0.25, -0.2) is 4.98 Å². The third-order valence-electron chi connectivity index (χ3n) is 4.95. The molecule has 0 aliphatic carbocycles. The van der Waals surface area contributed by atoms with Gasteiger partial charge in [-0.1, -0.05) is 25.5 Å². The average molecular weight is 340 g/mol. The Labute approximate surface area is 152 Å². The zero-order valence-corrected chi connectivity index (χ0v) is 15.0. The molecular formula is C22H20N4. The van der Waals surface area contributed by atoms with E-state index in [1.165, 1.54) is 5.56 Å². The van der Waals surface area contributed by atoms with E-state index in [1.54, 1.807) is 6.20 Å². The highest BCUT2D eigenvalue weighted by atomic mass is 15.0. The normalized spacial score (nSPS) is 11.1. The quantitative estimate of drug-likeness (QED) is 0.521. The van der Waals surface area contributed by atoms with Gasteiger partial charge in [0.1, 0.15) is 6.07 Å². The first kappa shape index (κ1) is 16.3. The Kier molecular flexibility index (Phi) is 4.14. The molecule has 0 unspecified atom stereocenters. The van der Waals surface area contributed by atoms with Gasteiger partial charge in [-0.3, -0.25) is 9.38 Å². The maximum atomic E-state index is 9.84. The molecule has 1 aromatic carbocycles. The van der Waals surface area contributed by atoms with E-state index in [0.29, 0.717) is 5.56 Å². The Bertz CT molecular complexity index is 1130. The van der Waals surface area contributed by atoms with Crippen molar-refractivity contribution in [3.8, 4) is 17.3 Å². The molecule has 0 saturated carbocycles. The number of hydrogen-bond acceptors (Lipinski definition) is 3. The van der Waals surface area contributed by atoms with Crippen LogP contribution in [-0.2, 0) is 6.42 Å². The maximum absolute atomic E-state index is 9.84. The van der Waals surface area contributed by atoms with Crippen molar-refractivity contribution < 1.29 is 0 Å². The summed E-state index contributed by atoms with van der Waals surface area (Å²) in [5.41, 5.74) is 7.72. The van der Waals surface area contributed by atoms with Gasteiger partial charge in [0.25, 0.3) is 0 Å². The molecule has 3 heterocycles. The molecule has 128 valence electrons. The Morgan fingerprint density at radius 3 is 2.73 bits per heavy atom. The van der Waals surface area contributed by atoms with E-state index >= 15 is 0 Å². The minimum atomic E-state index is 0.667. The number of unbranched alkanes of at least 4 members (excludes halogenated alkanes) is 1. The summed E-state index contributed by atoms with van der Waals surface area (Å²) in [4.78, 5) is 9.10. The van der Waals surface area contributed by atoms with Crippen molar-refractivity contribution in [1.29, 1.82) is 5.26 Å². The van der Waals surface area contributed by atoms with E-state index in [2.05, 4.69) is 34.5 Å². The molecule has 4 nitrogen and oxygen atoms in total. The molecule has 0 fully saturated rings. The highest BCUT2D eigenvalue weighted by Crippen LogP contribution is 2.34. The summed E-state index contributed by atoms with van der Waals surface area (Å²) >= 11 is 0. The first-order valence-electron chi connectivity index (χ1n) is 8.99. The molecular weight excluding hydrogens is 320 g/mol. The number of nitrogens with zero attached hydrogens (tertiary/aromatic N) is 4. The van der Waals surface area contributed by atoms with Crippen molar-refractivity contribution in [1.82, 2.24) is 14.4 Å². The van der Waals surface area contributed by atoms with Gasteiger partial charge in [0.15, 0.2) is 5.65 Å². The fraction of sp³-hybridized carbons (Fsp3) is 0.227. The van der Waals surface area contributed by atoms with Crippen molar-refractivity contribution in [2.45, 2.75) is 33.1 Å². The Morgan fingerprint density at radius 2 is 2.00 bits per heavy atom. The third kappa shape index (κ3) is 2.44. The van der Waals surface area contributed by atoms with Gasteiger partial charge >= 0.3 is 0 Å². The van der Waals surface area contributed by atoms with E-state index in [1.807, 2.05) is 37.4 Å². The second-order valence-electron chi connectivity index (χ2n) is 6.54. The number of nitriles is 1. The Hall–Kier alpha value is -3.19. The number of hydrogen-bond donors (Lipinski definition) is 0. The molecule has 0 saturated heterocycles. The van der Waals surface area contributed by atoms with Gasteiger partial charge in [-0.05, 0) is 55.2 Å². The number of para-hydroxylation sites is 2. The molecule has 0 spiro atoms. The zero-order valence-electron chi connectivity index (χ0n) is 15.0. The second-order valence-corrected chi connectivity index (χ2v) is 6.54. The van der Waals surface area contributed by atoms with E-state index in [4.69, 9.17) is 4.98 Å². The number of rotatable bonds is 4. The van der Waals surface area contributed by atoms with Gasteiger partial charge in [-0.15, -0.1) is 0 Å². The van der Waals surface area contributed by atoms with Gasteiger partial charge < -0.3 is 0 Å². The fourth-order valence-electron chi connectivity index (χ4n) is 3.65. The first-order valence-corrected chi connectivity index (χ1v) is 8.99. The van der Waals surface area contributed by atoms with Crippen LogP contribution in [0.2, 0.25) is 0 Å². The number of benzene rings is 1. The number of fused-ring (bicyclic) bond motifs is 3. The van der Waals surface area contributed by atoms with Crippen LogP contribution >= 0.6 is 0 Å². The lowest BCUT2D eigenvalue weighted by molar-refractivity contribution is 0.788. The monoisotopic (exact) mass is 340 g/mol. The van der Waals surface area contributed by atoms with Crippen LogP contribution in [0.3, 0.4) is 0 Å². The Morgan fingerprint density at radius 1 is 1.15 bits per heavy atom. The zero-order chi connectivity index (χ0) is 18.1. The van der Waals surface area contributed by atoms with E-state index in [9.17, 15) is 5.26 Å². The van der Waals surface area contributed by atoms with Crippen LogP contribution in [0.15, 0.2) is 48.8 Å². The number of aromatic nitrogens is 3. The summed E-state index contributed by atoms with van der Waals surface area (Å²) in [6.07, 6.45) is 6.80. The summed E-state index contributed by atoms with van der Waals surface area (Å²) in [6.45, 7) is 4.23. The van der Waals surface area contributed by atoms with Crippen molar-refractivity contribution >= 4 is 16.7 Å². The van der Waals surface area contributed by atoms with Crippen molar-refractivity contribution in [2.24, 2.45) is 0 Å². The van der Waals surface area contributed by atoms with Gasteiger partial charge in [0.05, 0.1) is 22.3 Å². The molecule has 0 radical (unpaired) electrons. The maximum Gasteiger partial charge on any atom is 0.156 e. The lowest BCUT2D eigenvalue weighted by Gasteiger charge is -2.17. The molecule has 3 aromatic heterocycles. The standard InChI is InChI=1S/C22H20N4/c1-3-4-9-17-15(2)18(13-23)22-25-19-10-5-6-11-20(19)26(22)21(17)16-8-7-12-24-14-16/h5-8,10-12,14H,3-4,9H2,1-2H3. The molecule has 0 aliphatic rings. The number of imidazole rings is 1. The predicted molar refractivity (Wildman–Crippen MR) is 104 cm³/mol. The minimum Gasteiger partial charge on any atom is -0.291 e. The summed E-state index contributed by atoms with van der Waals surface area (Å²) in [5, 5.41) is 9.84. The SMILES string of the molecule is CCCCc1c(C)c(C#N)c2nc3ccccc3n2c1-c1cccnc1. The largest absolute Gasteiger partial charge is 0.291 e. The molecule has 0 aliphatic heterocycles. The third-order valence-corrected chi connectivity index (χ3v) is 4.95. The summed E-state index contributed by atoms with van der Waals surface area (Å²) in [7, 11) is 0. The molecule has 4 aromatic rings. The molecule has 0 bridgehead atoms. The lowest BCUT2D eigenvalue weighted by Crippen LogP contribution is -2.06. The van der Waals surface area contributed by atoms with E-state index < -0.39 is 0 Å². The highest BCUT2D eigenvalue weighted by Gasteiger charge is 2.21. The molecule has 26 heavy (non-hydrogen) atoms. The van der Waals surface area contributed by atoms with Crippen molar-refractivity contribution in [2.75, 3.05) is 0 Å². The van der Waals surface area contributed by atoms with Crippen LogP contribution in [0.25, 0.3) is 27.9 Å². The van der Waals surface area contributed by atoms with Crippen LogP contribution in [0.5, 0.6) is 0 Å². The van der Waals surface area contributed by atoms with Crippen molar-refractivity contribution in [3.63, 3.8) is 0 Å². The first-order chi connectivity index (χ1) is 12.8. The smallest absolute Gasteiger partial charge is 0.156 e. The molecule has 4 rings (SSSR count). The summed E-state index contributed by atoms with van der Waals surface area (Å²) in [6, 6.07) is 14.5. The van der Waals surface area contributed by atoms with Crippen LogP contribution in [0.4, 0.5) is 0 Å². The molecule has 4 heteroatoms. The van der Waals surface area contributed by atoms with Crippen LogP contribution in [0, 0.1) is 18.3 Å². The van der Waals surface area contributed by atoms with Crippen LogP contribution < -0.4 is 0 Å². The van der Waals surface area contributed by atoms with Crippen LogP contribution in [0.1, 0.15) is 36.5 Å².